The van der Waals surface area contributed by atoms with E-state index < -0.39 is 8.07 Å². The van der Waals surface area contributed by atoms with Crippen molar-refractivity contribution in [2.75, 3.05) is 13.2 Å². The zero-order valence-electron chi connectivity index (χ0n) is 16.1. The molecule has 6 nitrogen and oxygen atoms in total. The highest BCUT2D eigenvalue weighted by atomic mass is 79.9. The van der Waals surface area contributed by atoms with Crippen LogP contribution < -0.4 is 10.1 Å². The minimum absolute atomic E-state index is 0.0766. The maximum atomic E-state index is 11.0. The molecule has 0 radical (unpaired) electrons. The number of nitrogens with one attached hydrogen (secondary N) is 1. The number of aromatic nitrogens is 2. The Bertz CT molecular complexity index is 758. The van der Waals surface area contributed by atoms with Crippen molar-refractivity contribution in [3.05, 3.63) is 22.8 Å². The van der Waals surface area contributed by atoms with Crippen LogP contribution in [0.5, 0.6) is 5.88 Å². The second-order valence-corrected chi connectivity index (χ2v) is 14.2. The lowest BCUT2D eigenvalue weighted by Gasteiger charge is -2.16. The van der Waals surface area contributed by atoms with Gasteiger partial charge in [0.05, 0.1) is 11.0 Å². The van der Waals surface area contributed by atoms with Crippen LogP contribution in [0.3, 0.4) is 0 Å². The minimum atomic E-state index is -1.09. The number of amides is 1. The molecule has 0 fully saturated rings. The van der Waals surface area contributed by atoms with Crippen molar-refractivity contribution in [3.8, 4) is 5.88 Å². The van der Waals surface area contributed by atoms with Crippen LogP contribution in [0, 0.1) is 0 Å². The van der Waals surface area contributed by atoms with Gasteiger partial charge in [0.15, 0.2) is 0 Å². The van der Waals surface area contributed by atoms with E-state index in [0.717, 1.165) is 28.2 Å². The topological polar surface area (TPSA) is 65.4 Å². The number of rotatable bonds is 9. The Labute approximate surface area is 164 Å². The number of pyridine rings is 1. The van der Waals surface area contributed by atoms with Gasteiger partial charge >= 0.3 is 0 Å². The van der Waals surface area contributed by atoms with E-state index in [2.05, 4.69) is 45.9 Å². The maximum Gasteiger partial charge on any atom is 0.230 e. The van der Waals surface area contributed by atoms with Crippen molar-refractivity contribution in [2.45, 2.75) is 52.4 Å². The third-order valence-electron chi connectivity index (χ3n) is 3.84. The van der Waals surface area contributed by atoms with E-state index in [4.69, 9.17) is 9.47 Å². The van der Waals surface area contributed by atoms with E-state index in [1.54, 1.807) is 0 Å². The van der Waals surface area contributed by atoms with Gasteiger partial charge in [-0.15, -0.1) is 0 Å². The molecule has 2 aromatic heterocycles. The average molecular weight is 442 g/mol. The molecule has 2 rings (SSSR count). The Morgan fingerprint density at radius 1 is 1.42 bits per heavy atom. The summed E-state index contributed by atoms with van der Waals surface area (Å²) in [6, 6.07) is 5.14. The third-order valence-corrected chi connectivity index (χ3v) is 6.11. The molecule has 2 aromatic rings. The normalized spacial score (nSPS) is 13.0. The fraction of sp³-hybridized carbons (Fsp3) is 0.556. The van der Waals surface area contributed by atoms with Crippen molar-refractivity contribution >= 4 is 40.9 Å². The van der Waals surface area contributed by atoms with Crippen LogP contribution in [0.25, 0.3) is 11.0 Å². The zero-order chi connectivity index (χ0) is 19.3. The Balaban J connectivity index is 2.05. The minimum Gasteiger partial charge on any atom is -0.472 e. The Morgan fingerprint density at radius 3 is 2.81 bits per heavy atom. The predicted molar refractivity (Wildman–Crippen MR) is 110 cm³/mol. The first-order valence-corrected chi connectivity index (χ1v) is 13.3. The lowest BCUT2D eigenvalue weighted by Crippen LogP contribution is -2.32. The number of fused-ring (bicyclic) bond motifs is 1. The van der Waals surface area contributed by atoms with E-state index in [1.807, 2.05) is 29.8 Å². The number of hydrogen-bond acceptors (Lipinski definition) is 4. The maximum absolute atomic E-state index is 11.0. The summed E-state index contributed by atoms with van der Waals surface area (Å²) in [5, 5.41) is 3.77. The summed E-state index contributed by atoms with van der Waals surface area (Å²) in [4.78, 5) is 15.7. The highest BCUT2D eigenvalue weighted by molar-refractivity contribution is 9.10. The van der Waals surface area contributed by atoms with Crippen LogP contribution in [-0.4, -0.2) is 42.8 Å². The highest BCUT2D eigenvalue weighted by Gasteiger charge is 2.14. The predicted octanol–water partition coefficient (Wildman–Crippen LogP) is 4.01. The third kappa shape index (κ3) is 6.41. The SMILES string of the molecule is CC(=O)NCC(C)Oc1nc2c(ccn2COCC[Si](C)(C)C)cc1Br. The van der Waals surface area contributed by atoms with Crippen molar-refractivity contribution in [1.29, 1.82) is 0 Å². The molecule has 26 heavy (non-hydrogen) atoms. The molecule has 8 heteroatoms. The monoisotopic (exact) mass is 441 g/mol. The average Bonchev–Trinajstić information content (AvgIpc) is 2.91. The molecule has 0 aliphatic heterocycles. The standard InChI is InChI=1S/C18H28BrN3O3Si/c1-13(11-20-14(2)23)25-18-16(19)10-15-6-7-22(17(15)21-18)12-24-8-9-26(3,4)5/h6-7,10,13H,8-9,11-12H2,1-5H3,(H,20,23). The summed E-state index contributed by atoms with van der Waals surface area (Å²) in [7, 11) is -1.09. The summed E-state index contributed by atoms with van der Waals surface area (Å²) in [5.74, 6) is 0.435. The quantitative estimate of drug-likeness (QED) is 0.471. The molecule has 1 N–H and O–H groups in total. The molecular formula is C18H28BrN3O3Si. The van der Waals surface area contributed by atoms with Crippen LogP contribution in [0.1, 0.15) is 13.8 Å². The van der Waals surface area contributed by atoms with Crippen LogP contribution in [0.15, 0.2) is 22.8 Å². The molecule has 0 bridgehead atoms. The summed E-state index contributed by atoms with van der Waals surface area (Å²) in [6.45, 7) is 12.1. The van der Waals surface area contributed by atoms with Crippen LogP contribution >= 0.6 is 15.9 Å². The summed E-state index contributed by atoms with van der Waals surface area (Å²) < 4.78 is 14.5. The van der Waals surface area contributed by atoms with Gasteiger partial charge in [-0.3, -0.25) is 4.79 Å². The number of nitrogens with zero attached hydrogens (tertiary/aromatic N) is 2. The van der Waals surface area contributed by atoms with Crippen molar-refractivity contribution in [3.63, 3.8) is 0 Å². The molecule has 0 spiro atoms. The Kier molecular flexibility index (Phi) is 7.25. The lowest BCUT2D eigenvalue weighted by atomic mass is 10.3. The Morgan fingerprint density at radius 2 is 2.15 bits per heavy atom. The number of hydrogen-bond donors (Lipinski definition) is 1. The fourth-order valence-electron chi connectivity index (χ4n) is 2.32. The van der Waals surface area contributed by atoms with Gasteiger partial charge in [-0.1, -0.05) is 19.6 Å². The molecular weight excluding hydrogens is 414 g/mol. The molecule has 0 saturated carbocycles. The molecule has 144 valence electrons. The van der Waals surface area contributed by atoms with E-state index in [9.17, 15) is 4.79 Å². The summed E-state index contributed by atoms with van der Waals surface area (Å²) in [5.41, 5.74) is 0.822. The van der Waals surface area contributed by atoms with Crippen LogP contribution in [0.4, 0.5) is 0 Å². The zero-order valence-corrected chi connectivity index (χ0v) is 18.7. The van der Waals surface area contributed by atoms with Gasteiger partial charge in [0.2, 0.25) is 11.8 Å². The number of halogens is 1. The number of carbonyl (C=O) groups excluding carboxylic acids is 1. The van der Waals surface area contributed by atoms with Gasteiger partial charge in [0.25, 0.3) is 0 Å². The smallest absolute Gasteiger partial charge is 0.230 e. The second-order valence-electron chi connectivity index (χ2n) is 7.69. The van der Waals surface area contributed by atoms with Crippen LogP contribution in [0.2, 0.25) is 25.7 Å². The van der Waals surface area contributed by atoms with Crippen molar-refractivity contribution < 1.29 is 14.3 Å². The van der Waals surface area contributed by atoms with Gasteiger partial charge < -0.3 is 19.4 Å². The molecule has 1 atom stereocenters. The number of ether oxygens (including phenoxy) is 2. The Hall–Kier alpha value is -1.38. The van der Waals surface area contributed by atoms with Gasteiger partial charge in [-0.25, -0.2) is 0 Å². The second kappa shape index (κ2) is 9.01. The summed E-state index contributed by atoms with van der Waals surface area (Å²) in [6.07, 6.45) is 1.79. The van der Waals surface area contributed by atoms with Gasteiger partial charge in [0, 0.05) is 33.2 Å². The highest BCUT2D eigenvalue weighted by Crippen LogP contribution is 2.28. The summed E-state index contributed by atoms with van der Waals surface area (Å²) >= 11 is 3.51. The van der Waals surface area contributed by atoms with E-state index in [1.165, 1.54) is 6.92 Å². The molecule has 0 aromatic carbocycles. The molecule has 0 aliphatic rings. The van der Waals surface area contributed by atoms with Gasteiger partial charge in [0.1, 0.15) is 18.5 Å². The first-order valence-electron chi connectivity index (χ1n) is 8.80. The van der Waals surface area contributed by atoms with Crippen LogP contribution in [-0.2, 0) is 16.3 Å². The molecule has 0 saturated heterocycles. The fourth-order valence-corrected chi connectivity index (χ4v) is 3.50. The largest absolute Gasteiger partial charge is 0.472 e. The van der Waals surface area contributed by atoms with E-state index in [0.29, 0.717) is 19.2 Å². The van der Waals surface area contributed by atoms with E-state index >= 15 is 0 Å². The molecule has 1 amide bonds. The lowest BCUT2D eigenvalue weighted by molar-refractivity contribution is -0.119. The number of carbonyl (C=O) groups is 1. The molecule has 2 heterocycles. The molecule has 0 aliphatic carbocycles. The van der Waals surface area contributed by atoms with Gasteiger partial charge in [-0.05, 0) is 41.0 Å². The van der Waals surface area contributed by atoms with Crippen molar-refractivity contribution in [1.82, 2.24) is 14.9 Å². The van der Waals surface area contributed by atoms with E-state index in [-0.39, 0.29) is 12.0 Å². The molecule has 1 unspecified atom stereocenters. The first-order chi connectivity index (χ1) is 12.2. The first kappa shape index (κ1) is 20.9. The van der Waals surface area contributed by atoms with Gasteiger partial charge in [-0.2, -0.15) is 4.98 Å². The van der Waals surface area contributed by atoms with Crippen molar-refractivity contribution in [2.24, 2.45) is 0 Å².